The fraction of sp³-hybridized carbons (Fsp3) is 0.440. The first kappa shape index (κ1) is 20.2. The zero-order chi connectivity index (χ0) is 21.8. The summed E-state index contributed by atoms with van der Waals surface area (Å²) in [5.41, 5.74) is 2.61. The summed E-state index contributed by atoms with van der Waals surface area (Å²) in [6.07, 6.45) is 7.61. The van der Waals surface area contributed by atoms with Crippen LogP contribution in [0, 0.1) is 17.6 Å². The molecule has 31 heavy (non-hydrogen) atoms. The molecule has 1 N–H and O–H groups in total. The Labute approximate surface area is 181 Å². The van der Waals surface area contributed by atoms with Gasteiger partial charge in [-0.2, -0.15) is 0 Å². The summed E-state index contributed by atoms with van der Waals surface area (Å²) in [5, 5.41) is 3.79. The number of fused-ring (bicyclic) bond motifs is 4. The third-order valence-electron chi connectivity index (χ3n) is 7.21. The van der Waals surface area contributed by atoms with Crippen molar-refractivity contribution in [1.82, 2.24) is 14.5 Å². The Morgan fingerprint density at radius 3 is 2.58 bits per heavy atom. The summed E-state index contributed by atoms with van der Waals surface area (Å²) in [6.45, 7) is 6.37. The molecule has 0 saturated heterocycles. The minimum absolute atomic E-state index is 0.0478. The highest BCUT2D eigenvalue weighted by molar-refractivity contribution is 5.63. The van der Waals surface area contributed by atoms with Crippen molar-refractivity contribution in [3.63, 3.8) is 0 Å². The number of nitrogens with one attached hydrogen (secondary N) is 1. The Balaban J connectivity index is 1.45. The quantitative estimate of drug-likeness (QED) is 0.540. The van der Waals surface area contributed by atoms with Crippen LogP contribution in [0.1, 0.15) is 75.4 Å². The molecule has 162 valence electrons. The number of hydrogen-bond donors (Lipinski definition) is 1. The van der Waals surface area contributed by atoms with Gasteiger partial charge in [-0.15, -0.1) is 0 Å². The molecule has 3 aromatic rings. The van der Waals surface area contributed by atoms with Gasteiger partial charge in [0.2, 0.25) is 0 Å². The van der Waals surface area contributed by atoms with Crippen LogP contribution in [-0.2, 0) is 5.54 Å². The number of nitrogens with zero attached hydrogens (tertiary/aromatic N) is 3. The van der Waals surface area contributed by atoms with Gasteiger partial charge in [0.15, 0.2) is 5.82 Å². The molecule has 5 rings (SSSR count). The van der Waals surface area contributed by atoms with Gasteiger partial charge in [0.25, 0.3) is 0 Å². The smallest absolute Gasteiger partial charge is 0.161 e. The second-order valence-corrected chi connectivity index (χ2v) is 9.37. The minimum Gasteiger partial charge on any atom is -0.371 e. The van der Waals surface area contributed by atoms with Gasteiger partial charge < -0.3 is 5.32 Å². The number of pyridine rings is 1. The Morgan fingerprint density at radius 1 is 1.10 bits per heavy atom. The molecule has 4 nitrogen and oxygen atoms in total. The summed E-state index contributed by atoms with van der Waals surface area (Å²) in [5.74, 6) is 1.66. The lowest BCUT2D eigenvalue weighted by atomic mass is 9.69. The van der Waals surface area contributed by atoms with Gasteiger partial charge in [-0.1, -0.05) is 26.8 Å². The molecule has 6 heteroatoms. The van der Waals surface area contributed by atoms with Crippen molar-refractivity contribution < 1.29 is 8.78 Å². The maximum Gasteiger partial charge on any atom is 0.161 e. The highest BCUT2D eigenvalue weighted by Crippen LogP contribution is 2.49. The largest absolute Gasteiger partial charge is 0.371 e. The summed E-state index contributed by atoms with van der Waals surface area (Å²) < 4.78 is 30.0. The molecule has 1 atom stereocenters. The van der Waals surface area contributed by atoms with Crippen LogP contribution in [0.4, 0.5) is 14.5 Å². The molecule has 1 fully saturated rings. The zero-order valence-electron chi connectivity index (χ0n) is 18.2. The summed E-state index contributed by atoms with van der Waals surface area (Å²) in [4.78, 5) is 9.41. The molecule has 1 spiro atoms. The first-order valence-electron chi connectivity index (χ1n) is 11.2. The Bertz CT molecular complexity index is 1110. The topological polar surface area (TPSA) is 42.7 Å². The lowest BCUT2D eigenvalue weighted by Gasteiger charge is -2.46. The summed E-state index contributed by atoms with van der Waals surface area (Å²) in [7, 11) is 0. The predicted molar refractivity (Wildman–Crippen MR) is 117 cm³/mol. The molecule has 0 radical (unpaired) electrons. The number of halogens is 2. The van der Waals surface area contributed by atoms with Crippen LogP contribution in [-0.4, -0.2) is 14.5 Å². The second-order valence-electron chi connectivity index (χ2n) is 9.37. The van der Waals surface area contributed by atoms with E-state index in [0.717, 1.165) is 49.1 Å². The van der Waals surface area contributed by atoms with E-state index in [0.29, 0.717) is 11.5 Å². The van der Waals surface area contributed by atoms with Crippen molar-refractivity contribution in [3.8, 4) is 5.82 Å². The molecule has 1 aliphatic heterocycles. The Kier molecular flexibility index (Phi) is 4.83. The van der Waals surface area contributed by atoms with Crippen LogP contribution in [0.5, 0.6) is 0 Å². The van der Waals surface area contributed by atoms with E-state index >= 15 is 0 Å². The van der Waals surface area contributed by atoms with E-state index in [-0.39, 0.29) is 17.4 Å². The van der Waals surface area contributed by atoms with E-state index in [4.69, 9.17) is 4.98 Å². The molecule has 3 heterocycles. The average Bonchev–Trinajstić information content (AvgIpc) is 3.21. The summed E-state index contributed by atoms with van der Waals surface area (Å²) >= 11 is 0. The number of rotatable bonds is 3. The van der Waals surface area contributed by atoms with Gasteiger partial charge in [-0.05, 0) is 61.3 Å². The van der Waals surface area contributed by atoms with Crippen LogP contribution in [0.15, 0.2) is 42.7 Å². The van der Waals surface area contributed by atoms with Crippen molar-refractivity contribution in [2.45, 2.75) is 63.8 Å². The molecule has 2 aromatic heterocycles. The monoisotopic (exact) mass is 422 g/mol. The molecule has 2 aliphatic rings. The van der Waals surface area contributed by atoms with E-state index in [1.807, 2.05) is 18.5 Å². The highest BCUT2D eigenvalue weighted by atomic mass is 19.1. The third kappa shape index (κ3) is 3.24. The lowest BCUT2D eigenvalue weighted by molar-refractivity contribution is 0.222. The van der Waals surface area contributed by atoms with Gasteiger partial charge in [0, 0.05) is 18.2 Å². The molecule has 1 saturated carbocycles. The number of benzene rings is 1. The fourth-order valence-corrected chi connectivity index (χ4v) is 5.47. The first-order chi connectivity index (χ1) is 14.9. The van der Waals surface area contributed by atoms with Crippen LogP contribution in [0.2, 0.25) is 0 Å². The molecule has 1 unspecified atom stereocenters. The van der Waals surface area contributed by atoms with E-state index < -0.39 is 11.6 Å². The molecular weight excluding hydrogens is 394 g/mol. The van der Waals surface area contributed by atoms with Gasteiger partial charge in [0.1, 0.15) is 17.5 Å². The molecule has 0 bridgehead atoms. The molecule has 0 amide bonds. The molecule has 1 aromatic carbocycles. The van der Waals surface area contributed by atoms with Crippen molar-refractivity contribution in [2.75, 3.05) is 5.32 Å². The van der Waals surface area contributed by atoms with Crippen molar-refractivity contribution in [1.29, 1.82) is 0 Å². The van der Waals surface area contributed by atoms with E-state index in [9.17, 15) is 8.78 Å². The van der Waals surface area contributed by atoms with Crippen molar-refractivity contribution in [3.05, 3.63) is 71.4 Å². The second kappa shape index (κ2) is 7.43. The SMILES string of the molecule is CC(C)c1ncc2n1-c1ncccc1NC21CCC(C(C)c2ccc(F)cc2F)CC1. The van der Waals surface area contributed by atoms with Crippen LogP contribution in [0.3, 0.4) is 0 Å². The van der Waals surface area contributed by atoms with E-state index in [1.54, 1.807) is 6.07 Å². The minimum atomic E-state index is -0.524. The first-order valence-corrected chi connectivity index (χ1v) is 11.2. The Hall–Kier alpha value is -2.76. The normalized spacial score (nSPS) is 23.4. The fourth-order valence-electron chi connectivity index (χ4n) is 5.47. The maximum atomic E-state index is 14.4. The zero-order valence-corrected chi connectivity index (χ0v) is 18.2. The number of imidazole rings is 1. The van der Waals surface area contributed by atoms with E-state index in [1.165, 1.54) is 11.8 Å². The van der Waals surface area contributed by atoms with Crippen molar-refractivity contribution >= 4 is 5.69 Å². The number of hydrogen-bond acceptors (Lipinski definition) is 3. The van der Waals surface area contributed by atoms with Gasteiger partial charge in [-0.3, -0.25) is 4.57 Å². The number of aromatic nitrogens is 3. The maximum absolute atomic E-state index is 14.4. The van der Waals surface area contributed by atoms with Crippen LogP contribution >= 0.6 is 0 Å². The van der Waals surface area contributed by atoms with Gasteiger partial charge in [-0.25, -0.2) is 18.7 Å². The molecule has 1 aliphatic carbocycles. The average molecular weight is 423 g/mol. The predicted octanol–water partition coefficient (Wildman–Crippen LogP) is 6.28. The lowest BCUT2D eigenvalue weighted by Crippen LogP contribution is -2.44. The van der Waals surface area contributed by atoms with Crippen molar-refractivity contribution in [2.24, 2.45) is 5.92 Å². The summed E-state index contributed by atoms with van der Waals surface area (Å²) in [6, 6.07) is 8.00. The molecular formula is C25H28F2N4. The standard InChI is InChI=1S/C25H28F2N4/c1-15(2)23-29-14-22-25(30-21-5-4-12-28-24(21)31(22)23)10-8-17(9-11-25)16(3)19-7-6-18(26)13-20(19)27/h4-7,12-17,30H,8-11H2,1-3H3. The number of anilines is 1. The third-order valence-corrected chi connectivity index (χ3v) is 7.21. The van der Waals surface area contributed by atoms with Gasteiger partial charge >= 0.3 is 0 Å². The van der Waals surface area contributed by atoms with E-state index in [2.05, 4.69) is 41.7 Å². The van der Waals surface area contributed by atoms with Gasteiger partial charge in [0.05, 0.1) is 23.1 Å². The highest BCUT2D eigenvalue weighted by Gasteiger charge is 2.44. The Morgan fingerprint density at radius 2 is 1.87 bits per heavy atom. The van der Waals surface area contributed by atoms with Crippen LogP contribution < -0.4 is 5.32 Å². The van der Waals surface area contributed by atoms with Crippen LogP contribution in [0.25, 0.3) is 5.82 Å².